The Bertz CT molecular complexity index is 1630. The number of hydrogen-bond donors (Lipinski definition) is 1. The fourth-order valence-electron chi connectivity index (χ4n) is 3.85. The van der Waals surface area contributed by atoms with E-state index in [0.717, 1.165) is 23.5 Å². The maximum atomic E-state index is 13.0. The lowest BCUT2D eigenvalue weighted by Gasteiger charge is -2.13. The summed E-state index contributed by atoms with van der Waals surface area (Å²) in [7, 11) is 5.80. The van der Waals surface area contributed by atoms with Crippen LogP contribution in [-0.4, -0.2) is 51.7 Å². The van der Waals surface area contributed by atoms with Crippen LogP contribution in [-0.2, 0) is 11.0 Å². The molecule has 0 aliphatic heterocycles. The molecule has 0 fully saturated rings. The molecule has 0 spiro atoms. The summed E-state index contributed by atoms with van der Waals surface area (Å²) >= 11 is 0.915. The van der Waals surface area contributed by atoms with Gasteiger partial charge in [0.2, 0.25) is 5.75 Å². The summed E-state index contributed by atoms with van der Waals surface area (Å²) in [6.45, 7) is -0.433. The van der Waals surface area contributed by atoms with Gasteiger partial charge in [0.1, 0.15) is 0 Å². The van der Waals surface area contributed by atoms with Gasteiger partial charge < -0.3 is 23.7 Å². The van der Waals surface area contributed by atoms with Crippen LogP contribution in [0.15, 0.2) is 54.6 Å². The lowest BCUT2D eigenvalue weighted by molar-refractivity contribution is -0.137. The van der Waals surface area contributed by atoms with E-state index < -0.39 is 24.3 Å². The quantitative estimate of drug-likeness (QED) is 0.158. The van der Waals surface area contributed by atoms with Crippen molar-refractivity contribution in [1.29, 1.82) is 0 Å². The molecular weight excluding hydrogens is 577 g/mol. The van der Waals surface area contributed by atoms with E-state index in [9.17, 15) is 22.8 Å². The van der Waals surface area contributed by atoms with Gasteiger partial charge in [-0.1, -0.05) is 23.5 Å². The van der Waals surface area contributed by atoms with E-state index in [0.29, 0.717) is 39.6 Å². The lowest BCUT2D eigenvalue weighted by atomic mass is 10.1. The minimum Gasteiger partial charge on any atom is -0.493 e. The number of anilines is 1. The van der Waals surface area contributed by atoms with Gasteiger partial charge in [0.05, 0.1) is 44.2 Å². The minimum atomic E-state index is -4.48. The number of halogens is 3. The summed E-state index contributed by atoms with van der Waals surface area (Å²) in [5.41, 5.74) is 0.419. The maximum absolute atomic E-state index is 13.0. The van der Waals surface area contributed by atoms with E-state index in [-0.39, 0.29) is 21.4 Å². The van der Waals surface area contributed by atoms with Crippen molar-refractivity contribution in [2.24, 2.45) is 0 Å². The van der Waals surface area contributed by atoms with Crippen LogP contribution in [0.2, 0.25) is 0 Å². The molecule has 0 saturated carbocycles. The Morgan fingerprint density at radius 3 is 2.19 bits per heavy atom. The van der Waals surface area contributed by atoms with Gasteiger partial charge in [0.25, 0.3) is 5.91 Å². The molecule has 3 aromatic carbocycles. The molecule has 1 aromatic heterocycles. The number of fused-ring (bicyclic) bond motifs is 1. The van der Waals surface area contributed by atoms with Crippen molar-refractivity contribution in [3.63, 3.8) is 0 Å². The number of hydrogen-bond acceptors (Lipinski definition) is 9. The fourth-order valence-corrected chi connectivity index (χ4v) is 4.78. The standard InChI is InChI=1S/C29H25F3N2O7S/c1-37-21-10-6-16(5-9-20(35)17-12-23(38-2)27(40-4)24(13-17)39-3)11-22(21)41-15-26(36)34-28-33-19-8-7-18(29(30,31)32)14-25(19)42-28/h5-14H,15H2,1-4H3,(H,33,34,36). The monoisotopic (exact) mass is 602 g/mol. The second-order valence-corrected chi connectivity index (χ2v) is 9.59. The van der Waals surface area contributed by atoms with Crippen LogP contribution in [0.5, 0.6) is 28.7 Å². The largest absolute Gasteiger partial charge is 0.493 e. The molecule has 220 valence electrons. The zero-order valence-corrected chi connectivity index (χ0v) is 23.6. The molecule has 4 aromatic rings. The third-order valence-electron chi connectivity index (χ3n) is 5.88. The Morgan fingerprint density at radius 1 is 0.881 bits per heavy atom. The number of methoxy groups -OCH3 is 4. The average molecular weight is 603 g/mol. The van der Waals surface area contributed by atoms with E-state index in [1.807, 2.05) is 0 Å². The molecular formula is C29H25F3N2O7S. The maximum Gasteiger partial charge on any atom is 0.416 e. The van der Waals surface area contributed by atoms with Crippen LogP contribution < -0.4 is 29.0 Å². The van der Waals surface area contributed by atoms with E-state index in [4.69, 9.17) is 23.7 Å². The van der Waals surface area contributed by atoms with Gasteiger partial charge in [-0.05, 0) is 54.1 Å². The SMILES string of the molecule is COc1ccc(C=CC(=O)c2cc(OC)c(OC)c(OC)c2)cc1OCC(=O)Nc1nc2ccc(C(F)(F)F)cc2s1. The minimum absolute atomic E-state index is 0.131. The zero-order chi connectivity index (χ0) is 30.4. The van der Waals surface area contributed by atoms with Crippen molar-refractivity contribution < 1.29 is 46.4 Å². The highest BCUT2D eigenvalue weighted by Crippen LogP contribution is 2.38. The molecule has 1 amide bonds. The summed E-state index contributed by atoms with van der Waals surface area (Å²) < 4.78 is 66.1. The van der Waals surface area contributed by atoms with Crippen molar-refractivity contribution in [3.8, 4) is 28.7 Å². The van der Waals surface area contributed by atoms with Crippen molar-refractivity contribution in [1.82, 2.24) is 4.98 Å². The number of allylic oxidation sites excluding steroid dienone is 1. The molecule has 0 bridgehead atoms. The molecule has 0 radical (unpaired) electrons. The lowest BCUT2D eigenvalue weighted by Crippen LogP contribution is -2.20. The first-order valence-electron chi connectivity index (χ1n) is 12.2. The molecule has 0 unspecified atom stereocenters. The Hall–Kier alpha value is -4.78. The Morgan fingerprint density at radius 2 is 1.57 bits per heavy atom. The summed E-state index contributed by atoms with van der Waals surface area (Å²) in [5, 5.41) is 2.66. The summed E-state index contributed by atoms with van der Waals surface area (Å²) in [5.74, 6) is 0.702. The van der Waals surface area contributed by atoms with E-state index in [1.165, 1.54) is 52.7 Å². The molecule has 13 heteroatoms. The second kappa shape index (κ2) is 12.8. The first-order valence-corrected chi connectivity index (χ1v) is 13.0. The summed E-state index contributed by atoms with van der Waals surface area (Å²) in [6, 6.07) is 11.1. The van der Waals surface area contributed by atoms with E-state index in [2.05, 4.69) is 10.3 Å². The van der Waals surface area contributed by atoms with Crippen molar-refractivity contribution in [2.75, 3.05) is 40.4 Å². The average Bonchev–Trinajstić information content (AvgIpc) is 3.38. The number of ketones is 1. The van der Waals surface area contributed by atoms with Gasteiger partial charge in [-0.15, -0.1) is 0 Å². The van der Waals surface area contributed by atoms with Crippen LogP contribution in [0.3, 0.4) is 0 Å². The van der Waals surface area contributed by atoms with E-state index in [1.54, 1.807) is 24.3 Å². The number of benzene rings is 3. The highest BCUT2D eigenvalue weighted by atomic mass is 32.1. The van der Waals surface area contributed by atoms with Gasteiger partial charge in [-0.25, -0.2) is 4.98 Å². The topological polar surface area (TPSA) is 105 Å². The first kappa shape index (κ1) is 30.2. The molecule has 4 rings (SSSR count). The third kappa shape index (κ3) is 6.92. The molecule has 0 aliphatic rings. The number of carbonyl (C=O) groups excluding carboxylic acids is 2. The van der Waals surface area contributed by atoms with Crippen molar-refractivity contribution in [3.05, 3.63) is 71.3 Å². The fraction of sp³-hybridized carbons (Fsp3) is 0.207. The predicted molar refractivity (Wildman–Crippen MR) is 151 cm³/mol. The van der Waals surface area contributed by atoms with Crippen LogP contribution >= 0.6 is 11.3 Å². The molecule has 9 nitrogen and oxygen atoms in total. The Balaban J connectivity index is 1.44. The second-order valence-electron chi connectivity index (χ2n) is 8.56. The van der Waals surface area contributed by atoms with Crippen molar-refractivity contribution >= 4 is 44.5 Å². The number of aromatic nitrogens is 1. The Labute approximate surface area is 242 Å². The molecule has 1 heterocycles. The molecule has 0 saturated heterocycles. The van der Waals surface area contributed by atoms with Crippen LogP contribution in [0.1, 0.15) is 21.5 Å². The highest BCUT2D eigenvalue weighted by Gasteiger charge is 2.30. The number of rotatable bonds is 11. The number of nitrogens with zero attached hydrogens (tertiary/aromatic N) is 1. The number of ether oxygens (including phenoxy) is 5. The first-order chi connectivity index (χ1) is 20.1. The van der Waals surface area contributed by atoms with Crippen LogP contribution in [0, 0.1) is 0 Å². The number of alkyl halides is 3. The van der Waals surface area contributed by atoms with Crippen LogP contribution in [0.4, 0.5) is 18.3 Å². The normalized spacial score (nSPS) is 11.4. The number of nitrogens with one attached hydrogen (secondary N) is 1. The molecule has 0 atom stereocenters. The number of thiazole rings is 1. The highest BCUT2D eigenvalue weighted by molar-refractivity contribution is 7.22. The zero-order valence-electron chi connectivity index (χ0n) is 22.8. The molecule has 1 N–H and O–H groups in total. The molecule has 0 aliphatic carbocycles. The van der Waals surface area contributed by atoms with Gasteiger partial charge >= 0.3 is 6.18 Å². The van der Waals surface area contributed by atoms with E-state index >= 15 is 0 Å². The smallest absolute Gasteiger partial charge is 0.416 e. The Kier molecular flexibility index (Phi) is 9.21. The summed E-state index contributed by atoms with van der Waals surface area (Å²) in [4.78, 5) is 29.5. The number of amides is 1. The third-order valence-corrected chi connectivity index (χ3v) is 6.82. The van der Waals surface area contributed by atoms with Gasteiger partial charge in [-0.3, -0.25) is 14.9 Å². The van der Waals surface area contributed by atoms with Gasteiger partial charge in [-0.2, -0.15) is 13.2 Å². The molecule has 42 heavy (non-hydrogen) atoms. The van der Waals surface area contributed by atoms with Gasteiger partial charge in [0, 0.05) is 5.56 Å². The number of carbonyl (C=O) groups is 2. The predicted octanol–water partition coefficient (Wildman–Crippen LogP) is 6.26. The van der Waals surface area contributed by atoms with Crippen LogP contribution in [0.25, 0.3) is 16.3 Å². The van der Waals surface area contributed by atoms with Gasteiger partial charge in [0.15, 0.2) is 40.5 Å². The van der Waals surface area contributed by atoms with Crippen molar-refractivity contribution in [2.45, 2.75) is 6.18 Å². The summed E-state index contributed by atoms with van der Waals surface area (Å²) in [6.07, 6.45) is -1.56.